The average molecular weight is 329 g/mol. The summed E-state index contributed by atoms with van der Waals surface area (Å²) in [7, 11) is 0. The summed E-state index contributed by atoms with van der Waals surface area (Å²) >= 11 is 1.61. The molecule has 4 heteroatoms. The molecule has 0 aliphatic carbocycles. The lowest BCUT2D eigenvalue weighted by Gasteiger charge is -2.08. The molecule has 2 aromatic rings. The molecule has 0 aromatic heterocycles. The minimum Gasteiger partial charge on any atom is -0.494 e. The normalized spacial score (nSPS) is 10.3. The Kier molecular flexibility index (Phi) is 7.54. The van der Waals surface area contributed by atoms with E-state index in [0.717, 1.165) is 36.6 Å². The van der Waals surface area contributed by atoms with Crippen LogP contribution in [0, 0.1) is 0 Å². The van der Waals surface area contributed by atoms with Gasteiger partial charge in [0.2, 0.25) is 5.91 Å². The van der Waals surface area contributed by atoms with Crippen LogP contribution < -0.4 is 10.1 Å². The minimum absolute atomic E-state index is 0.0191. The van der Waals surface area contributed by atoms with Crippen LogP contribution >= 0.6 is 11.8 Å². The molecule has 23 heavy (non-hydrogen) atoms. The van der Waals surface area contributed by atoms with Gasteiger partial charge in [0, 0.05) is 11.4 Å². The van der Waals surface area contributed by atoms with Crippen molar-refractivity contribution in [3.63, 3.8) is 0 Å². The zero-order valence-electron chi connectivity index (χ0n) is 13.5. The third-order valence-electron chi connectivity index (χ3n) is 3.25. The number of amides is 1. The van der Waals surface area contributed by atoms with Crippen molar-refractivity contribution in [2.45, 2.75) is 25.5 Å². The van der Waals surface area contributed by atoms with Gasteiger partial charge in [0.15, 0.2) is 0 Å². The molecule has 0 heterocycles. The molecule has 2 aromatic carbocycles. The number of unbranched alkanes of at least 4 members (excludes halogenated alkanes) is 1. The van der Waals surface area contributed by atoms with Crippen LogP contribution in [0.3, 0.4) is 0 Å². The number of rotatable bonds is 9. The Hall–Kier alpha value is -1.94. The SMILES string of the molecule is CCCCOc1ccc(NC(=O)CSCc2ccccc2)cc1. The first-order valence-electron chi connectivity index (χ1n) is 7.92. The number of anilines is 1. The Morgan fingerprint density at radius 2 is 1.83 bits per heavy atom. The number of hydrogen-bond donors (Lipinski definition) is 1. The highest BCUT2D eigenvalue weighted by molar-refractivity contribution is 7.99. The van der Waals surface area contributed by atoms with Crippen LogP contribution in [0.25, 0.3) is 0 Å². The van der Waals surface area contributed by atoms with Crippen molar-refractivity contribution in [1.82, 2.24) is 0 Å². The fourth-order valence-electron chi connectivity index (χ4n) is 2.00. The van der Waals surface area contributed by atoms with Gasteiger partial charge in [-0.15, -0.1) is 11.8 Å². The van der Waals surface area contributed by atoms with E-state index in [1.54, 1.807) is 11.8 Å². The van der Waals surface area contributed by atoms with Crippen LogP contribution in [-0.4, -0.2) is 18.3 Å². The zero-order chi connectivity index (χ0) is 16.3. The zero-order valence-corrected chi connectivity index (χ0v) is 14.3. The van der Waals surface area contributed by atoms with Gasteiger partial charge in [0.05, 0.1) is 12.4 Å². The van der Waals surface area contributed by atoms with Crippen LogP contribution in [0.1, 0.15) is 25.3 Å². The molecule has 0 aliphatic rings. The predicted octanol–water partition coefficient (Wildman–Crippen LogP) is 4.74. The third kappa shape index (κ3) is 6.78. The van der Waals surface area contributed by atoms with Gasteiger partial charge in [-0.05, 0) is 36.2 Å². The predicted molar refractivity (Wildman–Crippen MR) is 98.1 cm³/mol. The van der Waals surface area contributed by atoms with E-state index in [2.05, 4.69) is 24.4 Å². The fraction of sp³-hybridized carbons (Fsp3) is 0.316. The number of thioether (sulfide) groups is 1. The van der Waals surface area contributed by atoms with Crippen LogP contribution in [0.2, 0.25) is 0 Å². The summed E-state index contributed by atoms with van der Waals surface area (Å²) < 4.78 is 5.60. The van der Waals surface area contributed by atoms with Crippen LogP contribution in [0.5, 0.6) is 5.75 Å². The molecule has 0 radical (unpaired) electrons. The van der Waals surface area contributed by atoms with Gasteiger partial charge < -0.3 is 10.1 Å². The molecule has 1 N–H and O–H groups in total. The summed E-state index contributed by atoms with van der Waals surface area (Å²) in [5, 5.41) is 2.91. The number of hydrogen-bond acceptors (Lipinski definition) is 3. The van der Waals surface area contributed by atoms with Gasteiger partial charge >= 0.3 is 0 Å². The number of carbonyl (C=O) groups is 1. The molecule has 0 aliphatic heterocycles. The Morgan fingerprint density at radius 1 is 1.09 bits per heavy atom. The molecule has 0 atom stereocenters. The monoisotopic (exact) mass is 329 g/mol. The van der Waals surface area contributed by atoms with E-state index in [1.165, 1.54) is 5.56 Å². The van der Waals surface area contributed by atoms with Crippen molar-refractivity contribution in [1.29, 1.82) is 0 Å². The summed E-state index contributed by atoms with van der Waals surface area (Å²) in [5.41, 5.74) is 2.04. The van der Waals surface area contributed by atoms with Crippen molar-refractivity contribution in [2.75, 3.05) is 17.7 Å². The molecule has 0 fully saturated rings. The first kappa shape index (κ1) is 17.4. The van der Waals surface area contributed by atoms with Crippen LogP contribution in [-0.2, 0) is 10.5 Å². The molecule has 3 nitrogen and oxygen atoms in total. The molecular weight excluding hydrogens is 306 g/mol. The van der Waals surface area contributed by atoms with Crippen LogP contribution in [0.15, 0.2) is 54.6 Å². The van der Waals surface area contributed by atoms with E-state index in [4.69, 9.17) is 4.74 Å². The van der Waals surface area contributed by atoms with E-state index < -0.39 is 0 Å². The summed E-state index contributed by atoms with van der Waals surface area (Å²) in [6, 6.07) is 17.7. The largest absolute Gasteiger partial charge is 0.494 e. The second-order valence-electron chi connectivity index (χ2n) is 5.25. The lowest BCUT2D eigenvalue weighted by molar-refractivity contribution is -0.113. The lowest BCUT2D eigenvalue weighted by Crippen LogP contribution is -2.14. The van der Waals surface area contributed by atoms with Gasteiger partial charge in [-0.25, -0.2) is 0 Å². The Bertz CT molecular complexity index is 584. The molecule has 0 saturated carbocycles. The number of ether oxygens (including phenoxy) is 1. The minimum atomic E-state index is 0.0191. The maximum absolute atomic E-state index is 11.9. The second-order valence-corrected chi connectivity index (χ2v) is 6.24. The van der Waals surface area contributed by atoms with Crippen molar-refractivity contribution in [2.24, 2.45) is 0 Å². The lowest BCUT2D eigenvalue weighted by atomic mass is 10.2. The van der Waals surface area contributed by atoms with Crippen molar-refractivity contribution in [3.8, 4) is 5.75 Å². The van der Waals surface area contributed by atoms with Gasteiger partial charge in [-0.3, -0.25) is 4.79 Å². The van der Waals surface area contributed by atoms with E-state index in [9.17, 15) is 4.79 Å². The molecule has 0 saturated heterocycles. The summed E-state index contributed by atoms with van der Waals surface area (Å²) in [6.45, 7) is 2.87. The average Bonchev–Trinajstić information content (AvgIpc) is 2.58. The molecule has 0 bridgehead atoms. The molecule has 122 valence electrons. The number of carbonyl (C=O) groups excluding carboxylic acids is 1. The van der Waals surface area contributed by atoms with Crippen LogP contribution in [0.4, 0.5) is 5.69 Å². The molecular formula is C19H23NO2S. The second kappa shape index (κ2) is 9.95. The summed E-state index contributed by atoms with van der Waals surface area (Å²) in [6.07, 6.45) is 2.17. The maximum Gasteiger partial charge on any atom is 0.234 e. The highest BCUT2D eigenvalue weighted by atomic mass is 32.2. The third-order valence-corrected chi connectivity index (χ3v) is 4.25. The number of nitrogens with one attached hydrogen (secondary N) is 1. The van der Waals surface area contributed by atoms with E-state index >= 15 is 0 Å². The van der Waals surface area contributed by atoms with Gasteiger partial charge in [0.25, 0.3) is 0 Å². The molecule has 0 unspecified atom stereocenters. The molecule has 1 amide bonds. The van der Waals surface area contributed by atoms with Gasteiger partial charge in [-0.2, -0.15) is 0 Å². The quantitative estimate of drug-likeness (QED) is 0.675. The maximum atomic E-state index is 11.9. The molecule has 2 rings (SSSR count). The Labute approximate surface area is 142 Å². The van der Waals surface area contributed by atoms with E-state index in [0.29, 0.717) is 5.75 Å². The smallest absolute Gasteiger partial charge is 0.234 e. The standard InChI is InChI=1S/C19H23NO2S/c1-2-3-13-22-18-11-9-17(10-12-18)20-19(21)15-23-14-16-7-5-4-6-8-16/h4-12H,2-3,13-15H2,1H3,(H,20,21). The van der Waals surface area contributed by atoms with Crippen molar-refractivity contribution >= 4 is 23.4 Å². The summed E-state index contributed by atoms with van der Waals surface area (Å²) in [5.74, 6) is 2.16. The summed E-state index contributed by atoms with van der Waals surface area (Å²) in [4.78, 5) is 11.9. The molecule has 0 spiro atoms. The van der Waals surface area contributed by atoms with E-state index in [-0.39, 0.29) is 5.91 Å². The van der Waals surface area contributed by atoms with Gasteiger partial charge in [0.1, 0.15) is 5.75 Å². The van der Waals surface area contributed by atoms with Crippen molar-refractivity contribution < 1.29 is 9.53 Å². The Balaban J connectivity index is 1.70. The number of benzene rings is 2. The van der Waals surface area contributed by atoms with Crippen molar-refractivity contribution in [3.05, 3.63) is 60.2 Å². The fourth-order valence-corrected chi connectivity index (χ4v) is 2.79. The van der Waals surface area contributed by atoms with Gasteiger partial charge in [-0.1, -0.05) is 43.7 Å². The van der Waals surface area contributed by atoms with E-state index in [1.807, 2.05) is 42.5 Å². The Morgan fingerprint density at radius 3 is 2.52 bits per heavy atom. The topological polar surface area (TPSA) is 38.3 Å². The highest BCUT2D eigenvalue weighted by Gasteiger charge is 2.03. The first-order valence-corrected chi connectivity index (χ1v) is 9.08. The highest BCUT2D eigenvalue weighted by Crippen LogP contribution is 2.17. The first-order chi connectivity index (χ1) is 11.3.